The van der Waals surface area contributed by atoms with Crippen LogP contribution in [0.5, 0.6) is 0 Å². The molecular formula is C64H54BN3S2. The van der Waals surface area contributed by atoms with Crippen molar-refractivity contribution in [2.45, 2.75) is 96.8 Å². The third kappa shape index (κ3) is 5.39. The number of anilines is 2. The molecule has 0 saturated heterocycles. The van der Waals surface area contributed by atoms with Crippen LogP contribution >= 0.6 is 22.7 Å². The fraction of sp³-hybridized carbons (Fsp3) is 0.234. The Morgan fingerprint density at radius 1 is 0.543 bits per heavy atom. The van der Waals surface area contributed by atoms with E-state index in [0.717, 1.165) is 16.1 Å². The number of benzene rings is 8. The third-order valence-corrected chi connectivity index (χ3v) is 19.6. The molecule has 11 aromatic rings. The molecule has 0 unspecified atom stereocenters. The van der Waals surface area contributed by atoms with Gasteiger partial charge in [-0.05, 0) is 145 Å². The van der Waals surface area contributed by atoms with Crippen LogP contribution in [0.1, 0.15) is 103 Å². The first-order valence-corrected chi connectivity index (χ1v) is 26.9. The van der Waals surface area contributed by atoms with E-state index in [1.807, 2.05) is 11.3 Å². The van der Waals surface area contributed by atoms with Crippen LogP contribution in [0, 0.1) is 0 Å². The van der Waals surface area contributed by atoms with Crippen molar-refractivity contribution in [3.8, 4) is 38.5 Å². The molecule has 70 heavy (non-hydrogen) atoms. The van der Waals surface area contributed by atoms with Crippen molar-refractivity contribution < 1.29 is 0 Å². The minimum absolute atomic E-state index is 0.0266. The molecule has 2 aliphatic carbocycles. The van der Waals surface area contributed by atoms with Crippen molar-refractivity contribution in [3.05, 3.63) is 167 Å². The number of nitrogens with zero attached hydrogens (tertiary/aromatic N) is 3. The Hall–Kier alpha value is -6.47. The van der Waals surface area contributed by atoms with Crippen LogP contribution in [-0.4, -0.2) is 16.4 Å². The largest absolute Gasteiger partial charge is 0.376 e. The van der Waals surface area contributed by atoms with E-state index in [-0.39, 0.29) is 28.5 Å². The highest BCUT2D eigenvalue weighted by atomic mass is 32.1. The van der Waals surface area contributed by atoms with E-state index < -0.39 is 0 Å². The highest BCUT2D eigenvalue weighted by Gasteiger charge is 2.48. The number of hydrogen-bond donors (Lipinski definition) is 0. The Labute approximate surface area is 418 Å². The standard InChI is InChI=1S/C64H54BN3S2/c1-61(2,3)36-19-21-37(22-20-36)68-53-30-42-41-28-48-49(63(6,7)26-25-62(48,4)5)31-47(41)64(8,9)46(42)29-44(53)39-23-24-40-43-27-45-38-17-13-14-18-55(38)69-56(45)33-52(43)67-54-34-57-51(32-50(54)65(68)58(39)59(40)67)66-60(70-57)35-15-11-10-12-16-35/h10-24,27-34H,25-26H2,1-9H3. The lowest BCUT2D eigenvalue weighted by molar-refractivity contribution is 0.331. The Kier molecular flexibility index (Phi) is 7.96. The summed E-state index contributed by atoms with van der Waals surface area (Å²) in [7, 11) is 0. The average molecular weight is 940 g/mol. The molecule has 4 aliphatic rings. The van der Waals surface area contributed by atoms with Gasteiger partial charge in [-0.25, -0.2) is 4.98 Å². The number of hydrogen-bond acceptors (Lipinski definition) is 4. The summed E-state index contributed by atoms with van der Waals surface area (Å²) in [5, 5.41) is 6.34. The van der Waals surface area contributed by atoms with Gasteiger partial charge in [0.05, 0.1) is 21.3 Å². The SMILES string of the molecule is CC(C)(C)c1ccc(N2B3c4cc5nc(-c6ccccc6)sc5cc4-n4c5cc6sc7ccccc7c6cc5c5ccc(c3c54)-c3cc4c(cc32)-c2cc3c(cc2C4(C)C)C(C)(C)CCC3(C)C)cc1. The highest BCUT2D eigenvalue weighted by molar-refractivity contribution is 7.26. The van der Waals surface area contributed by atoms with E-state index in [2.05, 4.69) is 211 Å². The topological polar surface area (TPSA) is 21.1 Å². The van der Waals surface area contributed by atoms with Crippen molar-refractivity contribution in [1.82, 2.24) is 9.55 Å². The van der Waals surface area contributed by atoms with Gasteiger partial charge in [-0.1, -0.05) is 141 Å². The minimum Gasteiger partial charge on any atom is -0.376 e. The molecule has 2 aliphatic heterocycles. The summed E-state index contributed by atoms with van der Waals surface area (Å²) in [5.74, 6) is 0. The van der Waals surface area contributed by atoms with Crippen LogP contribution in [0.3, 0.4) is 0 Å². The van der Waals surface area contributed by atoms with E-state index in [1.165, 1.54) is 138 Å². The van der Waals surface area contributed by atoms with Crippen molar-refractivity contribution >= 4 is 104 Å². The molecule has 8 aromatic carbocycles. The van der Waals surface area contributed by atoms with Crippen molar-refractivity contribution in [3.63, 3.8) is 0 Å². The van der Waals surface area contributed by atoms with Gasteiger partial charge in [0.2, 0.25) is 0 Å². The monoisotopic (exact) mass is 939 g/mol. The summed E-state index contributed by atoms with van der Waals surface area (Å²) in [5.41, 5.74) is 24.0. The Morgan fingerprint density at radius 3 is 2.01 bits per heavy atom. The average Bonchev–Trinajstić information content (AvgIpc) is 4.08. The smallest absolute Gasteiger partial charge is 0.333 e. The molecule has 5 heterocycles. The molecule has 0 N–H and O–H groups in total. The van der Waals surface area contributed by atoms with Crippen molar-refractivity contribution in [2.75, 3.05) is 4.81 Å². The molecule has 340 valence electrons. The summed E-state index contributed by atoms with van der Waals surface area (Å²) in [6, 6.07) is 54.5. The maximum atomic E-state index is 5.44. The van der Waals surface area contributed by atoms with Gasteiger partial charge in [0.15, 0.2) is 0 Å². The number of aromatic nitrogens is 2. The first-order valence-electron chi connectivity index (χ1n) is 25.3. The summed E-state index contributed by atoms with van der Waals surface area (Å²) in [6.07, 6.45) is 2.40. The second-order valence-electron chi connectivity index (χ2n) is 23.8. The van der Waals surface area contributed by atoms with Crippen molar-refractivity contribution in [2.24, 2.45) is 0 Å². The van der Waals surface area contributed by atoms with Crippen LogP contribution in [0.25, 0.3) is 90.7 Å². The summed E-state index contributed by atoms with van der Waals surface area (Å²) < 4.78 is 6.51. The molecular weight excluding hydrogens is 886 g/mol. The lowest BCUT2D eigenvalue weighted by atomic mass is 9.44. The predicted molar refractivity (Wildman–Crippen MR) is 303 cm³/mol. The molecule has 0 amide bonds. The Bertz CT molecular complexity index is 4140. The molecule has 0 radical (unpaired) electrons. The molecule has 0 atom stereocenters. The molecule has 0 bridgehead atoms. The fourth-order valence-electron chi connectivity index (χ4n) is 13.4. The van der Waals surface area contributed by atoms with E-state index in [0.29, 0.717) is 0 Å². The lowest BCUT2D eigenvalue weighted by Crippen LogP contribution is -2.60. The first kappa shape index (κ1) is 41.3. The molecule has 6 heteroatoms. The maximum absolute atomic E-state index is 5.44. The Morgan fingerprint density at radius 2 is 1.24 bits per heavy atom. The van der Waals surface area contributed by atoms with E-state index in [1.54, 1.807) is 11.3 Å². The zero-order valence-corrected chi connectivity index (χ0v) is 43.1. The van der Waals surface area contributed by atoms with Crippen LogP contribution in [0.4, 0.5) is 11.4 Å². The highest BCUT2D eigenvalue weighted by Crippen LogP contribution is 2.58. The van der Waals surface area contributed by atoms with E-state index in [9.17, 15) is 0 Å². The van der Waals surface area contributed by atoms with Crippen LogP contribution in [0.2, 0.25) is 0 Å². The number of thiophene rings is 1. The van der Waals surface area contributed by atoms with Crippen LogP contribution < -0.4 is 15.7 Å². The summed E-state index contributed by atoms with van der Waals surface area (Å²) >= 11 is 3.71. The van der Waals surface area contributed by atoms with Gasteiger partial charge < -0.3 is 9.38 Å². The number of fused-ring (bicyclic) bond motifs is 16. The predicted octanol–water partition coefficient (Wildman–Crippen LogP) is 16.6. The molecule has 15 rings (SSSR count). The van der Waals surface area contributed by atoms with Gasteiger partial charge in [-0.3, -0.25) is 0 Å². The molecule has 3 nitrogen and oxygen atoms in total. The van der Waals surface area contributed by atoms with Gasteiger partial charge >= 0.3 is 6.85 Å². The van der Waals surface area contributed by atoms with Gasteiger partial charge in [0.25, 0.3) is 0 Å². The van der Waals surface area contributed by atoms with E-state index in [4.69, 9.17) is 4.98 Å². The van der Waals surface area contributed by atoms with Gasteiger partial charge in [-0.15, -0.1) is 22.7 Å². The second kappa shape index (κ2) is 13.5. The summed E-state index contributed by atoms with van der Waals surface area (Å²) in [6.45, 7) is 21.7. The molecule has 3 aromatic heterocycles. The maximum Gasteiger partial charge on any atom is 0.333 e. The first-order chi connectivity index (χ1) is 33.5. The zero-order valence-electron chi connectivity index (χ0n) is 41.4. The fourth-order valence-corrected chi connectivity index (χ4v) is 15.5. The minimum atomic E-state index is -0.174. The lowest BCUT2D eigenvalue weighted by Gasteiger charge is -2.42. The number of thiazole rings is 1. The van der Waals surface area contributed by atoms with Gasteiger partial charge in [0, 0.05) is 64.5 Å². The van der Waals surface area contributed by atoms with Crippen molar-refractivity contribution in [1.29, 1.82) is 0 Å². The summed E-state index contributed by atoms with van der Waals surface area (Å²) in [4.78, 5) is 8.16. The molecule has 0 saturated carbocycles. The van der Waals surface area contributed by atoms with Gasteiger partial charge in [0.1, 0.15) is 5.01 Å². The van der Waals surface area contributed by atoms with Gasteiger partial charge in [-0.2, -0.15) is 0 Å². The quantitative estimate of drug-likeness (QED) is 0.161. The number of rotatable bonds is 2. The zero-order chi connectivity index (χ0) is 47.5. The van der Waals surface area contributed by atoms with Crippen LogP contribution in [0.15, 0.2) is 140 Å². The normalized spacial score (nSPS) is 16.8. The van der Waals surface area contributed by atoms with E-state index >= 15 is 0 Å². The van der Waals surface area contributed by atoms with Crippen LogP contribution in [-0.2, 0) is 21.7 Å². The molecule has 0 spiro atoms. The third-order valence-electron chi connectivity index (χ3n) is 17.4. The Balaban J connectivity index is 1.07. The second-order valence-corrected chi connectivity index (χ2v) is 25.9. The molecule has 0 fully saturated rings.